The third-order valence-electron chi connectivity index (χ3n) is 6.46. The predicted molar refractivity (Wildman–Crippen MR) is 92.2 cm³/mol. The average Bonchev–Trinajstić information content (AvgIpc) is 3.14. The average molecular weight is 338 g/mol. The van der Waals surface area contributed by atoms with E-state index in [-0.39, 0.29) is 5.41 Å². The minimum absolute atomic E-state index is 0.208. The minimum Gasteiger partial charge on any atom is -0.299 e. The van der Waals surface area contributed by atoms with Crippen LogP contribution in [0.15, 0.2) is 11.6 Å². The van der Waals surface area contributed by atoms with Crippen molar-refractivity contribution < 1.29 is 9.18 Å². The van der Waals surface area contributed by atoms with Gasteiger partial charge < -0.3 is 0 Å². The van der Waals surface area contributed by atoms with Crippen LogP contribution < -0.4 is 0 Å². The van der Waals surface area contributed by atoms with Crippen molar-refractivity contribution in [1.29, 1.82) is 0 Å². The van der Waals surface area contributed by atoms with Crippen molar-refractivity contribution in [3.63, 3.8) is 0 Å². The van der Waals surface area contributed by atoms with Crippen LogP contribution in [0, 0.1) is 23.2 Å². The molecule has 0 amide bonds. The molecular weight excluding hydrogens is 309 g/mol. The van der Waals surface area contributed by atoms with Gasteiger partial charge >= 0.3 is 0 Å². The third-order valence-corrected chi connectivity index (χ3v) is 7.32. The number of halogens is 1. The number of hydrogen-bond donors (Lipinski definition) is 0. The van der Waals surface area contributed by atoms with Crippen molar-refractivity contribution in [3.8, 4) is 0 Å². The van der Waals surface area contributed by atoms with Gasteiger partial charge in [0.2, 0.25) is 0 Å². The molecule has 5 atom stereocenters. The van der Waals surface area contributed by atoms with Gasteiger partial charge in [-0.05, 0) is 55.8 Å². The molecule has 4 heteroatoms. The topological polar surface area (TPSA) is 30.0 Å². The molecule has 2 fully saturated rings. The first-order valence-electron chi connectivity index (χ1n) is 9.08. The van der Waals surface area contributed by atoms with E-state index < -0.39 is 6.17 Å². The molecule has 0 N–H and O–H groups in total. The van der Waals surface area contributed by atoms with Gasteiger partial charge in [0.05, 0.1) is 0 Å². The van der Waals surface area contributed by atoms with Gasteiger partial charge in [0.15, 0.2) is 6.17 Å². The number of fused-ring (bicyclic) bond motifs is 1. The highest BCUT2D eigenvalue weighted by molar-refractivity contribution is 7.09. The summed E-state index contributed by atoms with van der Waals surface area (Å²) in [5, 5.41) is 2.45. The summed E-state index contributed by atoms with van der Waals surface area (Å²) < 4.78 is 14.1. The van der Waals surface area contributed by atoms with E-state index in [0.717, 1.165) is 32.1 Å². The van der Waals surface area contributed by atoms with Crippen LogP contribution in [0.4, 0.5) is 4.39 Å². The molecule has 2 aliphatic rings. The number of carbonyl (C=O) groups is 1. The molecule has 2 saturated carbocycles. The summed E-state index contributed by atoms with van der Waals surface area (Å²) in [5.74, 6) is 2.02. The molecule has 3 rings (SSSR count). The highest BCUT2D eigenvalue weighted by Crippen LogP contribution is 2.57. The van der Waals surface area contributed by atoms with E-state index in [4.69, 9.17) is 0 Å². The largest absolute Gasteiger partial charge is 0.299 e. The fourth-order valence-corrected chi connectivity index (χ4v) is 5.89. The molecule has 23 heavy (non-hydrogen) atoms. The Kier molecular flexibility index (Phi) is 5.19. The summed E-state index contributed by atoms with van der Waals surface area (Å²) in [6, 6.07) is 0. The fraction of sp³-hybridized carbons (Fsp3) is 0.789. The predicted octanol–water partition coefficient (Wildman–Crippen LogP) is 5.75. The first-order valence-corrected chi connectivity index (χ1v) is 9.96. The molecule has 1 aromatic rings. The molecule has 0 aromatic carbocycles. The molecule has 5 unspecified atom stereocenters. The SMILES string of the molecule is CC(CCCC(F)c1nccs1)C1CCC2C(=O)CCCC21C. The lowest BCUT2D eigenvalue weighted by Crippen LogP contribution is -2.39. The third kappa shape index (κ3) is 3.38. The first-order chi connectivity index (χ1) is 11.0. The number of hydrogen-bond acceptors (Lipinski definition) is 3. The van der Waals surface area contributed by atoms with Crippen molar-refractivity contribution in [2.75, 3.05) is 0 Å². The Morgan fingerprint density at radius 1 is 1.43 bits per heavy atom. The van der Waals surface area contributed by atoms with Gasteiger partial charge in [-0.2, -0.15) is 0 Å². The van der Waals surface area contributed by atoms with Crippen molar-refractivity contribution in [3.05, 3.63) is 16.6 Å². The second-order valence-corrected chi connectivity index (χ2v) is 8.73. The molecule has 0 radical (unpaired) electrons. The van der Waals surface area contributed by atoms with E-state index >= 15 is 0 Å². The zero-order valence-corrected chi connectivity index (χ0v) is 15.1. The Hall–Kier alpha value is -0.770. The standard InChI is InChI=1S/C19H28FNOS/c1-13(5-3-6-16(20)18-21-11-12-23-18)14-8-9-15-17(22)7-4-10-19(14,15)2/h11-16H,3-10H2,1-2H3. The van der Waals surface area contributed by atoms with Crippen molar-refractivity contribution in [2.24, 2.45) is 23.2 Å². The summed E-state index contributed by atoms with van der Waals surface area (Å²) in [7, 11) is 0. The monoisotopic (exact) mass is 337 g/mol. The summed E-state index contributed by atoms with van der Waals surface area (Å²) in [6.07, 6.45) is 8.62. The summed E-state index contributed by atoms with van der Waals surface area (Å²) in [5.41, 5.74) is 0.208. The minimum atomic E-state index is -0.912. The highest BCUT2D eigenvalue weighted by atomic mass is 32.1. The van der Waals surface area contributed by atoms with Gasteiger partial charge in [-0.1, -0.05) is 20.3 Å². The van der Waals surface area contributed by atoms with Gasteiger partial charge in [0.25, 0.3) is 0 Å². The Balaban J connectivity index is 1.52. The zero-order chi connectivity index (χ0) is 16.4. The number of aromatic nitrogens is 1. The van der Waals surface area contributed by atoms with Gasteiger partial charge in [-0.25, -0.2) is 9.37 Å². The number of carbonyl (C=O) groups excluding carboxylic acids is 1. The second kappa shape index (κ2) is 7.00. The van der Waals surface area contributed by atoms with Gasteiger partial charge in [0, 0.05) is 23.9 Å². The Morgan fingerprint density at radius 3 is 3.00 bits per heavy atom. The van der Waals surface area contributed by atoms with Crippen LogP contribution in [-0.2, 0) is 4.79 Å². The van der Waals surface area contributed by atoms with Gasteiger partial charge in [-0.15, -0.1) is 11.3 Å². The molecule has 2 nitrogen and oxygen atoms in total. The lowest BCUT2D eigenvalue weighted by Gasteiger charge is -2.42. The van der Waals surface area contributed by atoms with Crippen molar-refractivity contribution in [2.45, 2.75) is 71.4 Å². The van der Waals surface area contributed by atoms with Crippen LogP contribution >= 0.6 is 11.3 Å². The number of ketones is 1. The molecule has 2 aliphatic carbocycles. The molecule has 1 heterocycles. The Morgan fingerprint density at radius 2 is 2.26 bits per heavy atom. The number of thiazole rings is 1. The maximum Gasteiger partial charge on any atom is 0.151 e. The second-order valence-electron chi connectivity index (χ2n) is 7.81. The quantitative estimate of drug-likeness (QED) is 0.662. The van der Waals surface area contributed by atoms with Crippen LogP contribution in [0.5, 0.6) is 0 Å². The molecule has 0 saturated heterocycles. The van der Waals surface area contributed by atoms with Crippen LogP contribution in [0.1, 0.15) is 76.4 Å². The number of rotatable bonds is 6. The lowest BCUT2D eigenvalue weighted by molar-refractivity contribution is -0.130. The van der Waals surface area contributed by atoms with Gasteiger partial charge in [-0.3, -0.25) is 4.79 Å². The summed E-state index contributed by atoms with van der Waals surface area (Å²) >= 11 is 1.41. The summed E-state index contributed by atoms with van der Waals surface area (Å²) in [4.78, 5) is 16.3. The molecular formula is C19H28FNOS. The maximum atomic E-state index is 14.1. The normalized spacial score (nSPS) is 33.4. The molecule has 0 spiro atoms. The number of nitrogens with zero attached hydrogens (tertiary/aromatic N) is 1. The Labute approximate surface area is 142 Å². The molecule has 0 bridgehead atoms. The molecule has 128 valence electrons. The van der Waals surface area contributed by atoms with Crippen LogP contribution in [-0.4, -0.2) is 10.8 Å². The van der Waals surface area contributed by atoms with E-state index in [1.807, 2.05) is 5.38 Å². The van der Waals surface area contributed by atoms with Crippen molar-refractivity contribution in [1.82, 2.24) is 4.98 Å². The Bertz CT molecular complexity index is 531. The van der Waals surface area contributed by atoms with E-state index in [1.165, 1.54) is 24.2 Å². The van der Waals surface area contributed by atoms with E-state index in [2.05, 4.69) is 18.8 Å². The van der Waals surface area contributed by atoms with Crippen molar-refractivity contribution >= 4 is 17.1 Å². The zero-order valence-electron chi connectivity index (χ0n) is 14.3. The fourth-order valence-electron chi connectivity index (χ4n) is 5.24. The van der Waals surface area contributed by atoms with Crippen LogP contribution in [0.3, 0.4) is 0 Å². The van der Waals surface area contributed by atoms with Crippen LogP contribution in [0.25, 0.3) is 0 Å². The van der Waals surface area contributed by atoms with E-state index in [9.17, 15) is 9.18 Å². The maximum absolute atomic E-state index is 14.1. The van der Waals surface area contributed by atoms with E-state index in [1.54, 1.807) is 6.20 Å². The molecule has 1 aromatic heterocycles. The van der Waals surface area contributed by atoms with Crippen LogP contribution in [0.2, 0.25) is 0 Å². The molecule has 0 aliphatic heterocycles. The van der Waals surface area contributed by atoms with E-state index in [0.29, 0.717) is 35.0 Å². The lowest BCUT2D eigenvalue weighted by atomic mass is 9.62. The smallest absolute Gasteiger partial charge is 0.151 e. The highest BCUT2D eigenvalue weighted by Gasteiger charge is 2.52. The summed E-state index contributed by atoms with van der Waals surface area (Å²) in [6.45, 7) is 4.66. The number of alkyl halides is 1. The number of Topliss-reactive ketones (excluding diaryl/α,β-unsaturated/α-hetero) is 1. The first kappa shape index (κ1) is 17.1. The van der Waals surface area contributed by atoms with Gasteiger partial charge in [0.1, 0.15) is 10.8 Å².